The first-order valence-corrected chi connectivity index (χ1v) is 6.08. The number of para-hydroxylation sites is 1. The fourth-order valence-corrected chi connectivity index (χ4v) is 3.21. The molecular formula is C13H16N2O2. The van der Waals surface area contributed by atoms with Crippen molar-refractivity contribution >= 4 is 11.7 Å². The number of anilines is 1. The van der Waals surface area contributed by atoms with E-state index >= 15 is 0 Å². The van der Waals surface area contributed by atoms with E-state index in [1.807, 2.05) is 17.4 Å². The number of rotatable bonds is 1. The molecule has 1 aromatic carbocycles. The van der Waals surface area contributed by atoms with Crippen LogP contribution in [0.1, 0.15) is 24.8 Å². The largest absolute Gasteiger partial charge is 0.544 e. The van der Waals surface area contributed by atoms with Crippen molar-refractivity contribution in [1.82, 2.24) is 0 Å². The zero-order valence-electron chi connectivity index (χ0n) is 9.72. The van der Waals surface area contributed by atoms with E-state index in [-0.39, 0.29) is 6.04 Å². The number of hydrogen-bond donors (Lipinski definition) is 2. The first-order chi connectivity index (χ1) is 8.16. The highest BCUT2D eigenvalue weighted by molar-refractivity contribution is 5.70. The Morgan fingerprint density at radius 1 is 1.47 bits per heavy atom. The second kappa shape index (κ2) is 3.74. The van der Waals surface area contributed by atoms with Crippen LogP contribution in [-0.4, -0.2) is 24.1 Å². The van der Waals surface area contributed by atoms with Crippen molar-refractivity contribution in [3.63, 3.8) is 0 Å². The van der Waals surface area contributed by atoms with E-state index in [2.05, 4.69) is 24.4 Å². The van der Waals surface area contributed by atoms with E-state index in [1.165, 1.54) is 5.56 Å². The number of hydrogen-bond acceptors (Lipinski definition) is 3. The summed E-state index contributed by atoms with van der Waals surface area (Å²) in [5.41, 5.74) is 2.41. The van der Waals surface area contributed by atoms with Gasteiger partial charge in [0.25, 0.3) is 0 Å². The van der Waals surface area contributed by atoms with Crippen LogP contribution >= 0.6 is 0 Å². The molecule has 2 aliphatic rings. The van der Waals surface area contributed by atoms with Gasteiger partial charge in [-0.1, -0.05) is 18.2 Å². The Kier molecular flexibility index (Phi) is 2.33. The van der Waals surface area contributed by atoms with Crippen molar-refractivity contribution < 1.29 is 15.2 Å². The number of carboxylic acids is 1. The first-order valence-electron chi connectivity index (χ1n) is 6.08. The minimum atomic E-state index is -0.945. The van der Waals surface area contributed by atoms with Crippen LogP contribution < -0.4 is 15.7 Å². The van der Waals surface area contributed by atoms with Crippen LogP contribution in [0.5, 0.6) is 0 Å². The molecule has 1 saturated heterocycles. The Hall–Kier alpha value is -1.55. The molecule has 0 unspecified atom stereocenters. The second-order valence-corrected chi connectivity index (χ2v) is 5.08. The van der Waals surface area contributed by atoms with Crippen molar-refractivity contribution in [2.24, 2.45) is 0 Å². The summed E-state index contributed by atoms with van der Waals surface area (Å²) in [6, 6.07) is 8.35. The normalized spacial score (nSPS) is 34.6. The lowest BCUT2D eigenvalue weighted by Crippen LogP contribution is -3.01. The number of carbonyl (C=O) groups is 1. The zero-order valence-corrected chi connectivity index (χ0v) is 9.72. The van der Waals surface area contributed by atoms with E-state index in [1.54, 1.807) is 0 Å². The number of quaternary nitrogens is 1. The van der Waals surface area contributed by atoms with E-state index in [0.29, 0.717) is 18.4 Å². The summed E-state index contributed by atoms with van der Waals surface area (Å²) in [5, 5.41) is 16.5. The van der Waals surface area contributed by atoms with Crippen LogP contribution in [0.2, 0.25) is 0 Å². The summed E-state index contributed by atoms with van der Waals surface area (Å²) in [7, 11) is 0. The lowest BCUT2D eigenvalue weighted by atomic mass is 9.82. The number of fused-ring (bicyclic) bond motifs is 3. The molecule has 17 heavy (non-hydrogen) atoms. The highest BCUT2D eigenvalue weighted by atomic mass is 16.4. The number of nitrogens with one attached hydrogen (secondary N) is 1. The molecule has 4 heteroatoms. The molecule has 3 N–H and O–H groups in total. The van der Waals surface area contributed by atoms with Gasteiger partial charge in [-0.05, 0) is 18.6 Å². The average Bonchev–Trinajstić information content (AvgIpc) is 2.68. The predicted molar refractivity (Wildman–Crippen MR) is 61.4 cm³/mol. The summed E-state index contributed by atoms with van der Waals surface area (Å²) < 4.78 is 0. The van der Waals surface area contributed by atoms with E-state index in [4.69, 9.17) is 0 Å². The molecule has 4 nitrogen and oxygen atoms in total. The zero-order chi connectivity index (χ0) is 12.0. The lowest BCUT2D eigenvalue weighted by molar-refractivity contribution is -0.722. The van der Waals surface area contributed by atoms with Crippen molar-refractivity contribution in [3.8, 4) is 0 Å². The van der Waals surface area contributed by atoms with Gasteiger partial charge in [-0.2, -0.15) is 0 Å². The Labute approximate surface area is 100 Å². The summed E-state index contributed by atoms with van der Waals surface area (Å²) in [4.78, 5) is 11.0. The van der Waals surface area contributed by atoms with Gasteiger partial charge >= 0.3 is 0 Å². The van der Waals surface area contributed by atoms with Crippen LogP contribution in [0.25, 0.3) is 0 Å². The predicted octanol–water partition coefficient (Wildman–Crippen LogP) is -0.962. The highest BCUT2D eigenvalue weighted by Gasteiger charge is 2.44. The molecule has 0 aliphatic carbocycles. The quantitative estimate of drug-likeness (QED) is 0.655. The Balaban J connectivity index is 1.94. The lowest BCUT2D eigenvalue weighted by Gasteiger charge is -2.35. The van der Waals surface area contributed by atoms with Crippen molar-refractivity contribution in [2.75, 3.05) is 5.32 Å². The molecule has 0 radical (unpaired) electrons. The average molecular weight is 232 g/mol. The van der Waals surface area contributed by atoms with E-state index < -0.39 is 12.0 Å². The molecule has 90 valence electrons. The molecule has 1 fully saturated rings. The molecule has 0 spiro atoms. The van der Waals surface area contributed by atoms with Crippen molar-refractivity contribution in [2.45, 2.75) is 37.4 Å². The standard InChI is InChI=1S/C13H16N2O2/c1-7-12-9(6-11(14-7)13(16)17)8-4-2-3-5-10(8)15-12/h2-5,7,9,11-12,14-15H,6H2,1H3,(H,16,17)/t7-,9-,11-,12+/m0/s1. The molecule has 0 saturated carbocycles. The third-order valence-corrected chi connectivity index (χ3v) is 4.03. The monoisotopic (exact) mass is 232 g/mol. The molecule has 1 aromatic rings. The molecule has 2 heterocycles. The second-order valence-electron chi connectivity index (χ2n) is 5.08. The molecule has 2 aliphatic heterocycles. The fraction of sp³-hybridized carbons (Fsp3) is 0.462. The topological polar surface area (TPSA) is 68.8 Å². The molecule has 3 rings (SSSR count). The van der Waals surface area contributed by atoms with Gasteiger partial charge in [0.05, 0.1) is 12.0 Å². The van der Waals surface area contributed by atoms with Crippen molar-refractivity contribution in [1.29, 1.82) is 0 Å². The molecule has 0 aromatic heterocycles. The molecule has 4 atom stereocenters. The number of carboxylic acid groups (broad SMARTS) is 1. The minimum Gasteiger partial charge on any atom is -0.544 e. The maximum absolute atomic E-state index is 11.0. The van der Waals surface area contributed by atoms with Crippen LogP contribution in [-0.2, 0) is 4.79 Å². The molecule has 0 amide bonds. The number of carbonyl (C=O) groups excluding carboxylic acids is 1. The van der Waals surface area contributed by atoms with Gasteiger partial charge in [0.15, 0.2) is 0 Å². The van der Waals surface area contributed by atoms with Gasteiger partial charge in [-0.15, -0.1) is 0 Å². The molecule has 0 bridgehead atoms. The van der Waals surface area contributed by atoms with Crippen LogP contribution in [0.15, 0.2) is 24.3 Å². The highest BCUT2D eigenvalue weighted by Crippen LogP contribution is 2.40. The van der Waals surface area contributed by atoms with Crippen LogP contribution in [0.3, 0.4) is 0 Å². The summed E-state index contributed by atoms with van der Waals surface area (Å²) in [6.45, 7) is 2.08. The number of aliphatic carboxylic acids is 1. The fourth-order valence-electron chi connectivity index (χ4n) is 3.21. The van der Waals surface area contributed by atoms with Crippen LogP contribution in [0, 0.1) is 0 Å². The first kappa shape index (κ1) is 10.6. The number of nitrogens with two attached hydrogens (primary N) is 1. The smallest absolute Gasteiger partial charge is 0.127 e. The maximum Gasteiger partial charge on any atom is 0.127 e. The number of benzene rings is 1. The SMILES string of the molecule is C[C@@H]1[NH2+][C@H](C(=O)[O-])C[C@H]2c3ccccc3N[C@H]12. The summed E-state index contributed by atoms with van der Waals surface area (Å²) >= 11 is 0. The summed E-state index contributed by atoms with van der Waals surface area (Å²) in [5.74, 6) is -0.645. The van der Waals surface area contributed by atoms with Gasteiger partial charge < -0.3 is 20.5 Å². The Morgan fingerprint density at radius 2 is 2.24 bits per heavy atom. The maximum atomic E-state index is 11.0. The van der Waals surface area contributed by atoms with Gasteiger partial charge in [-0.25, -0.2) is 0 Å². The van der Waals surface area contributed by atoms with Gasteiger partial charge in [0.1, 0.15) is 12.1 Å². The third kappa shape index (κ3) is 1.60. The van der Waals surface area contributed by atoms with E-state index in [0.717, 1.165) is 5.69 Å². The minimum absolute atomic E-state index is 0.254. The van der Waals surface area contributed by atoms with E-state index in [9.17, 15) is 9.90 Å². The van der Waals surface area contributed by atoms with Crippen LogP contribution in [0.4, 0.5) is 5.69 Å². The summed E-state index contributed by atoms with van der Waals surface area (Å²) in [6.07, 6.45) is 0.654. The van der Waals surface area contributed by atoms with Crippen molar-refractivity contribution in [3.05, 3.63) is 29.8 Å². The molecular weight excluding hydrogens is 216 g/mol. The van der Waals surface area contributed by atoms with Gasteiger partial charge in [0, 0.05) is 18.0 Å². The van der Waals surface area contributed by atoms with Gasteiger partial charge in [-0.3, -0.25) is 0 Å². The van der Waals surface area contributed by atoms with Gasteiger partial charge in [0.2, 0.25) is 0 Å². The Bertz CT molecular complexity index is 460. The Morgan fingerprint density at radius 3 is 3.00 bits per heavy atom. The third-order valence-electron chi connectivity index (χ3n) is 4.03. The number of piperidine rings is 1.